The van der Waals surface area contributed by atoms with Gasteiger partial charge in [-0.2, -0.15) is 0 Å². The summed E-state index contributed by atoms with van der Waals surface area (Å²) < 4.78 is 16.9. The van der Waals surface area contributed by atoms with E-state index in [1.54, 1.807) is 14.2 Å². The van der Waals surface area contributed by atoms with Crippen molar-refractivity contribution in [1.29, 1.82) is 0 Å². The van der Waals surface area contributed by atoms with Crippen LogP contribution in [0.1, 0.15) is 29.5 Å². The summed E-state index contributed by atoms with van der Waals surface area (Å²) in [5, 5.41) is 10.1. The zero-order chi connectivity index (χ0) is 22.6. The number of methoxy groups -OCH3 is 1. The first-order chi connectivity index (χ1) is 15.7. The van der Waals surface area contributed by atoms with Crippen LogP contribution in [-0.2, 0) is 22.6 Å². The molecule has 1 aliphatic rings. The summed E-state index contributed by atoms with van der Waals surface area (Å²) in [6.45, 7) is 6.31. The molecule has 0 saturated carbocycles. The van der Waals surface area contributed by atoms with E-state index in [4.69, 9.17) is 14.2 Å². The summed E-state index contributed by atoms with van der Waals surface area (Å²) in [6, 6.07) is 14.7. The Hall–Kier alpha value is -2.77. The lowest BCUT2D eigenvalue weighted by molar-refractivity contribution is 0.0676. The van der Waals surface area contributed by atoms with E-state index < -0.39 is 0 Å². The van der Waals surface area contributed by atoms with E-state index in [0.29, 0.717) is 26.3 Å². The third kappa shape index (κ3) is 7.73. The number of nitrogens with one attached hydrogen (secondary N) is 3. The zero-order valence-corrected chi connectivity index (χ0v) is 19.4. The summed E-state index contributed by atoms with van der Waals surface area (Å²) in [6.07, 6.45) is 2.39. The Bertz CT molecular complexity index is 849. The van der Waals surface area contributed by atoms with Crippen molar-refractivity contribution in [3.63, 3.8) is 0 Å². The van der Waals surface area contributed by atoms with Crippen molar-refractivity contribution < 1.29 is 14.2 Å². The molecule has 32 heavy (non-hydrogen) atoms. The van der Waals surface area contributed by atoms with Crippen LogP contribution < -0.4 is 20.7 Å². The molecule has 0 aromatic heterocycles. The van der Waals surface area contributed by atoms with Crippen molar-refractivity contribution >= 4 is 11.6 Å². The minimum Gasteiger partial charge on any atom is -0.491 e. The lowest BCUT2D eigenvalue weighted by atomic mass is 10.1. The molecule has 7 nitrogen and oxygen atoms in total. The highest BCUT2D eigenvalue weighted by Gasteiger charge is 2.17. The van der Waals surface area contributed by atoms with E-state index in [9.17, 15) is 0 Å². The van der Waals surface area contributed by atoms with Crippen LogP contribution in [0.4, 0.5) is 5.69 Å². The Morgan fingerprint density at radius 2 is 1.94 bits per heavy atom. The highest BCUT2D eigenvalue weighted by atomic mass is 16.5. The van der Waals surface area contributed by atoms with Crippen molar-refractivity contribution in [3.05, 3.63) is 59.2 Å². The second-order valence-corrected chi connectivity index (χ2v) is 7.95. The molecule has 1 aliphatic heterocycles. The molecule has 7 heteroatoms. The van der Waals surface area contributed by atoms with Crippen LogP contribution in [0.2, 0.25) is 0 Å². The van der Waals surface area contributed by atoms with Crippen LogP contribution in [0.25, 0.3) is 0 Å². The molecule has 2 aromatic carbocycles. The highest BCUT2D eigenvalue weighted by Crippen LogP contribution is 2.22. The Labute approximate surface area is 191 Å². The number of aryl methyl sites for hydroxylation is 1. The van der Waals surface area contributed by atoms with Crippen LogP contribution >= 0.6 is 0 Å². The van der Waals surface area contributed by atoms with E-state index >= 15 is 0 Å². The Morgan fingerprint density at radius 1 is 1.12 bits per heavy atom. The zero-order valence-electron chi connectivity index (χ0n) is 19.4. The number of anilines is 1. The van der Waals surface area contributed by atoms with Crippen LogP contribution in [-0.4, -0.2) is 52.6 Å². The van der Waals surface area contributed by atoms with Gasteiger partial charge in [-0.05, 0) is 49.1 Å². The van der Waals surface area contributed by atoms with Gasteiger partial charge in [-0.1, -0.05) is 24.3 Å². The van der Waals surface area contributed by atoms with Crippen LogP contribution in [0, 0.1) is 6.92 Å². The second kappa shape index (κ2) is 12.9. The molecule has 1 unspecified atom stereocenters. The number of hydrogen-bond acceptors (Lipinski definition) is 5. The average molecular weight is 441 g/mol. The fourth-order valence-corrected chi connectivity index (χ4v) is 3.52. The predicted molar refractivity (Wildman–Crippen MR) is 129 cm³/mol. The molecule has 1 fully saturated rings. The molecule has 0 radical (unpaired) electrons. The Kier molecular flexibility index (Phi) is 9.65. The number of nitrogens with zero attached hydrogens (tertiary/aromatic N) is 1. The maximum Gasteiger partial charge on any atom is 0.191 e. The van der Waals surface area contributed by atoms with Crippen LogP contribution in [0.3, 0.4) is 0 Å². The summed E-state index contributed by atoms with van der Waals surface area (Å²) in [4.78, 5) is 4.35. The fraction of sp³-hybridized carbons (Fsp3) is 0.480. The van der Waals surface area contributed by atoms with Crippen molar-refractivity contribution in [3.8, 4) is 5.75 Å². The lowest BCUT2D eigenvalue weighted by Crippen LogP contribution is -2.36. The minimum absolute atomic E-state index is 0.201. The molecule has 0 spiro atoms. The van der Waals surface area contributed by atoms with Crippen molar-refractivity contribution in [1.82, 2.24) is 10.6 Å². The van der Waals surface area contributed by atoms with Crippen molar-refractivity contribution in [2.45, 2.75) is 39.0 Å². The van der Waals surface area contributed by atoms with Gasteiger partial charge in [0.2, 0.25) is 0 Å². The van der Waals surface area contributed by atoms with Gasteiger partial charge in [0.15, 0.2) is 5.96 Å². The molecule has 3 N–H and O–H groups in total. The summed E-state index contributed by atoms with van der Waals surface area (Å²) in [5.41, 5.74) is 4.55. The smallest absolute Gasteiger partial charge is 0.191 e. The fourth-order valence-electron chi connectivity index (χ4n) is 3.52. The maximum atomic E-state index is 6.10. The van der Waals surface area contributed by atoms with Gasteiger partial charge in [0.25, 0.3) is 0 Å². The molecular formula is C25H36N4O3. The molecule has 0 bridgehead atoms. The Balaban J connectivity index is 1.48. The molecule has 1 saturated heterocycles. The molecule has 3 rings (SSSR count). The molecule has 174 valence electrons. The molecule has 0 amide bonds. The molecule has 0 aliphatic carbocycles. The van der Waals surface area contributed by atoms with Gasteiger partial charge in [0.1, 0.15) is 12.4 Å². The van der Waals surface area contributed by atoms with Crippen LogP contribution in [0.15, 0.2) is 47.5 Å². The molecular weight excluding hydrogens is 404 g/mol. The van der Waals surface area contributed by atoms with Gasteiger partial charge < -0.3 is 30.2 Å². The number of benzene rings is 2. The maximum absolute atomic E-state index is 6.10. The first-order valence-corrected chi connectivity index (χ1v) is 11.3. The second-order valence-electron chi connectivity index (χ2n) is 7.95. The monoisotopic (exact) mass is 440 g/mol. The van der Waals surface area contributed by atoms with Gasteiger partial charge >= 0.3 is 0 Å². The number of ether oxygens (including phenoxy) is 3. The number of aliphatic imine (C=N–C) groups is 1. The normalized spacial score (nSPS) is 16.1. The summed E-state index contributed by atoms with van der Waals surface area (Å²) >= 11 is 0. The van der Waals surface area contributed by atoms with E-state index in [1.165, 1.54) is 11.1 Å². The van der Waals surface area contributed by atoms with E-state index in [1.807, 2.05) is 0 Å². The van der Waals surface area contributed by atoms with Gasteiger partial charge in [-0.15, -0.1) is 0 Å². The number of guanidine groups is 1. The average Bonchev–Trinajstić information content (AvgIpc) is 3.33. The predicted octanol–water partition coefficient (Wildman–Crippen LogP) is 3.48. The van der Waals surface area contributed by atoms with Gasteiger partial charge in [-0.3, -0.25) is 4.99 Å². The van der Waals surface area contributed by atoms with E-state index in [-0.39, 0.29) is 6.10 Å². The first-order valence-electron chi connectivity index (χ1n) is 11.3. The van der Waals surface area contributed by atoms with Crippen LogP contribution in [0.5, 0.6) is 5.75 Å². The quantitative estimate of drug-likeness (QED) is 0.282. The largest absolute Gasteiger partial charge is 0.491 e. The van der Waals surface area contributed by atoms with Crippen molar-refractivity contribution in [2.24, 2.45) is 4.99 Å². The third-order valence-electron chi connectivity index (χ3n) is 5.39. The number of rotatable bonds is 11. The Morgan fingerprint density at radius 3 is 2.66 bits per heavy atom. The highest BCUT2D eigenvalue weighted by molar-refractivity contribution is 5.79. The van der Waals surface area contributed by atoms with E-state index in [2.05, 4.69) is 70.3 Å². The van der Waals surface area contributed by atoms with Gasteiger partial charge in [-0.25, -0.2) is 0 Å². The minimum atomic E-state index is 0.201. The van der Waals surface area contributed by atoms with E-state index in [0.717, 1.165) is 49.0 Å². The molecule has 2 aromatic rings. The lowest BCUT2D eigenvalue weighted by Gasteiger charge is -2.17. The SMILES string of the molecule is CN=C(NCc1ccc(NCCOC)cc1)NCc1ccc(C)cc1OCC1CCCO1. The third-order valence-corrected chi connectivity index (χ3v) is 5.39. The summed E-state index contributed by atoms with van der Waals surface area (Å²) in [5.74, 6) is 1.65. The number of hydrogen-bond donors (Lipinski definition) is 3. The standard InChI is InChI=1S/C25H36N4O3/c1-19-6-9-21(24(15-19)32-18-23-5-4-13-31-23)17-29-25(26-2)28-16-20-7-10-22(11-8-20)27-12-14-30-3/h6-11,15,23,27H,4-5,12-14,16-18H2,1-3H3,(H2,26,28,29). The topological polar surface area (TPSA) is 76.1 Å². The van der Waals surface area contributed by atoms with Gasteiger partial charge in [0.05, 0.1) is 12.7 Å². The first kappa shape index (κ1) is 23.9. The summed E-state index contributed by atoms with van der Waals surface area (Å²) in [7, 11) is 3.48. The molecule has 1 atom stereocenters. The molecule has 1 heterocycles. The van der Waals surface area contributed by atoms with Crippen molar-refractivity contribution in [2.75, 3.05) is 45.8 Å². The van der Waals surface area contributed by atoms with Gasteiger partial charge in [0, 0.05) is 51.6 Å².